The molecule has 0 saturated carbocycles. The Morgan fingerprint density at radius 3 is 2.39 bits per heavy atom. The maximum atomic E-state index is 12.6. The van der Waals surface area contributed by atoms with Crippen LogP contribution < -0.4 is 5.32 Å². The van der Waals surface area contributed by atoms with E-state index in [1.54, 1.807) is 0 Å². The van der Waals surface area contributed by atoms with Crippen LogP contribution in [0.5, 0.6) is 0 Å². The van der Waals surface area contributed by atoms with Crippen molar-refractivity contribution in [2.75, 3.05) is 39.3 Å². The highest BCUT2D eigenvalue weighted by Crippen LogP contribution is 2.26. The molecule has 1 saturated heterocycles. The predicted molar refractivity (Wildman–Crippen MR) is 90.3 cm³/mol. The second-order valence-corrected chi connectivity index (χ2v) is 8.06. The van der Waals surface area contributed by atoms with Gasteiger partial charge in [-0.2, -0.15) is 4.31 Å². The molecular formula is C14H19Cl2N3O3S. The van der Waals surface area contributed by atoms with Crippen molar-refractivity contribution in [2.45, 2.75) is 11.8 Å². The van der Waals surface area contributed by atoms with Crippen LogP contribution in [0.2, 0.25) is 10.0 Å². The van der Waals surface area contributed by atoms with E-state index >= 15 is 0 Å². The molecule has 1 heterocycles. The van der Waals surface area contributed by atoms with E-state index in [1.165, 1.54) is 29.4 Å². The van der Waals surface area contributed by atoms with Gasteiger partial charge in [-0.15, -0.1) is 0 Å². The number of hydrogen-bond acceptors (Lipinski definition) is 4. The largest absolute Gasteiger partial charge is 0.355 e. The number of nitrogens with zero attached hydrogens (tertiary/aromatic N) is 2. The minimum Gasteiger partial charge on any atom is -0.355 e. The van der Waals surface area contributed by atoms with Crippen molar-refractivity contribution in [3.63, 3.8) is 0 Å². The Morgan fingerprint density at radius 1 is 1.17 bits per heavy atom. The van der Waals surface area contributed by atoms with Crippen molar-refractivity contribution in [1.82, 2.24) is 14.5 Å². The highest BCUT2D eigenvalue weighted by molar-refractivity contribution is 7.89. The van der Waals surface area contributed by atoms with Crippen LogP contribution in [0.3, 0.4) is 0 Å². The average molecular weight is 380 g/mol. The van der Waals surface area contributed by atoms with Crippen LogP contribution >= 0.6 is 23.2 Å². The zero-order valence-corrected chi connectivity index (χ0v) is 15.1. The number of nitrogens with one attached hydrogen (secondary N) is 1. The number of rotatable bonds is 5. The molecule has 0 atom stereocenters. The van der Waals surface area contributed by atoms with E-state index in [4.69, 9.17) is 23.2 Å². The lowest BCUT2D eigenvalue weighted by molar-refractivity contribution is -0.119. The molecule has 23 heavy (non-hydrogen) atoms. The number of carbonyl (C=O) groups excluding carboxylic acids is 1. The Labute approximate surface area is 146 Å². The summed E-state index contributed by atoms with van der Waals surface area (Å²) in [5.74, 6) is -0.0640. The lowest BCUT2D eigenvalue weighted by Gasteiger charge is -2.33. The van der Waals surface area contributed by atoms with Crippen molar-refractivity contribution in [3.8, 4) is 0 Å². The molecule has 0 bridgehead atoms. The molecule has 128 valence electrons. The molecule has 0 unspecified atom stereocenters. The summed E-state index contributed by atoms with van der Waals surface area (Å²) in [6.45, 7) is 4.81. The molecule has 1 aromatic carbocycles. The van der Waals surface area contributed by atoms with Crippen LogP contribution in [0, 0.1) is 0 Å². The summed E-state index contributed by atoms with van der Waals surface area (Å²) in [5.41, 5.74) is 0. The first-order valence-corrected chi connectivity index (χ1v) is 9.42. The monoisotopic (exact) mass is 379 g/mol. The van der Waals surface area contributed by atoms with Crippen molar-refractivity contribution in [2.24, 2.45) is 0 Å². The lowest BCUT2D eigenvalue weighted by atomic mass is 10.3. The van der Waals surface area contributed by atoms with Gasteiger partial charge in [0, 0.05) is 46.2 Å². The van der Waals surface area contributed by atoms with Gasteiger partial charge in [-0.1, -0.05) is 23.2 Å². The molecule has 0 radical (unpaired) electrons. The van der Waals surface area contributed by atoms with Crippen molar-refractivity contribution < 1.29 is 13.2 Å². The van der Waals surface area contributed by atoms with Gasteiger partial charge in [0.05, 0.1) is 14.9 Å². The molecule has 1 amide bonds. The van der Waals surface area contributed by atoms with Crippen LogP contribution in [-0.4, -0.2) is 62.8 Å². The Hall–Kier alpha value is -0.860. The molecular weight excluding hydrogens is 361 g/mol. The van der Waals surface area contributed by atoms with Crippen molar-refractivity contribution >= 4 is 39.1 Å². The highest BCUT2D eigenvalue weighted by Gasteiger charge is 2.28. The normalized spacial score (nSPS) is 17.2. The predicted octanol–water partition coefficient (Wildman–Crippen LogP) is 1.44. The van der Waals surface area contributed by atoms with Crippen LogP contribution in [0.25, 0.3) is 0 Å². The van der Waals surface area contributed by atoms with Gasteiger partial charge in [0.25, 0.3) is 0 Å². The second-order valence-electron chi connectivity index (χ2n) is 5.30. The van der Waals surface area contributed by atoms with E-state index in [0.29, 0.717) is 44.3 Å². The number of sulfonamides is 1. The summed E-state index contributed by atoms with van der Waals surface area (Å²) < 4.78 is 26.7. The minimum atomic E-state index is -3.56. The van der Waals surface area contributed by atoms with Crippen molar-refractivity contribution in [1.29, 1.82) is 0 Å². The van der Waals surface area contributed by atoms with Crippen LogP contribution in [0.4, 0.5) is 0 Å². The van der Waals surface area contributed by atoms with Crippen LogP contribution in [0.1, 0.15) is 6.92 Å². The first-order valence-electron chi connectivity index (χ1n) is 7.22. The number of amides is 1. The molecule has 0 aromatic heterocycles. The lowest BCUT2D eigenvalue weighted by Crippen LogP contribution is -2.50. The Morgan fingerprint density at radius 2 is 1.83 bits per heavy atom. The van der Waals surface area contributed by atoms with E-state index in [0.717, 1.165) is 0 Å². The van der Waals surface area contributed by atoms with Gasteiger partial charge in [0.1, 0.15) is 0 Å². The maximum Gasteiger partial charge on any atom is 0.243 e. The Kier molecular flexibility index (Phi) is 6.27. The van der Waals surface area contributed by atoms with E-state index < -0.39 is 10.0 Å². The molecule has 2 rings (SSSR count). The van der Waals surface area contributed by atoms with Gasteiger partial charge < -0.3 is 5.32 Å². The van der Waals surface area contributed by atoms with E-state index in [9.17, 15) is 13.2 Å². The highest BCUT2D eigenvalue weighted by atomic mass is 35.5. The smallest absolute Gasteiger partial charge is 0.243 e. The molecule has 9 heteroatoms. The van der Waals surface area contributed by atoms with Crippen LogP contribution in [0.15, 0.2) is 23.1 Å². The summed E-state index contributed by atoms with van der Waals surface area (Å²) in [5, 5.41) is 3.28. The fourth-order valence-electron chi connectivity index (χ4n) is 2.37. The Bertz CT molecular complexity index is 674. The first kappa shape index (κ1) is 18.5. The van der Waals surface area contributed by atoms with Gasteiger partial charge >= 0.3 is 0 Å². The number of piperazine rings is 1. The van der Waals surface area contributed by atoms with E-state index in [2.05, 4.69) is 10.2 Å². The third-order valence-corrected chi connectivity index (χ3v) is 6.30. The van der Waals surface area contributed by atoms with E-state index in [1.807, 2.05) is 0 Å². The number of benzene rings is 1. The number of halogens is 2. The third kappa shape index (κ3) is 4.81. The topological polar surface area (TPSA) is 69.7 Å². The summed E-state index contributed by atoms with van der Waals surface area (Å²) in [4.78, 5) is 13.1. The minimum absolute atomic E-state index is 0.0640. The second kappa shape index (κ2) is 7.81. The molecule has 1 aromatic rings. The van der Waals surface area contributed by atoms with Crippen LogP contribution in [-0.2, 0) is 14.8 Å². The van der Waals surface area contributed by atoms with E-state index in [-0.39, 0.29) is 15.8 Å². The van der Waals surface area contributed by atoms with Gasteiger partial charge in [-0.25, -0.2) is 8.42 Å². The Balaban J connectivity index is 1.95. The van der Waals surface area contributed by atoms with Gasteiger partial charge in [-0.05, 0) is 18.2 Å². The molecule has 1 N–H and O–H groups in total. The summed E-state index contributed by atoms with van der Waals surface area (Å²) in [6.07, 6.45) is 0. The standard InChI is InChI=1S/C14H19Cl2N3O3S/c1-11(20)17-4-5-18-6-8-19(9-7-18)23(21,22)12-2-3-13(15)14(16)10-12/h2-3,10H,4-9H2,1H3,(H,17,20). The summed E-state index contributed by atoms with van der Waals surface area (Å²) in [7, 11) is -3.56. The zero-order valence-electron chi connectivity index (χ0n) is 12.8. The molecule has 1 aliphatic rings. The zero-order chi connectivity index (χ0) is 17.0. The molecule has 0 spiro atoms. The maximum absolute atomic E-state index is 12.6. The molecule has 0 aliphatic carbocycles. The summed E-state index contributed by atoms with van der Waals surface area (Å²) in [6, 6.07) is 4.33. The molecule has 1 fully saturated rings. The summed E-state index contributed by atoms with van der Waals surface area (Å²) >= 11 is 11.7. The fourth-order valence-corrected chi connectivity index (χ4v) is 4.18. The van der Waals surface area contributed by atoms with Gasteiger partial charge in [0.15, 0.2) is 0 Å². The fraction of sp³-hybridized carbons (Fsp3) is 0.500. The van der Waals surface area contributed by atoms with Gasteiger partial charge in [-0.3, -0.25) is 9.69 Å². The first-order chi connectivity index (χ1) is 10.8. The van der Waals surface area contributed by atoms with Gasteiger partial charge in [0.2, 0.25) is 15.9 Å². The molecule has 1 aliphatic heterocycles. The number of carbonyl (C=O) groups is 1. The third-order valence-electron chi connectivity index (χ3n) is 3.66. The SMILES string of the molecule is CC(=O)NCCN1CCN(S(=O)(=O)c2ccc(Cl)c(Cl)c2)CC1. The molecule has 6 nitrogen and oxygen atoms in total. The number of hydrogen-bond donors (Lipinski definition) is 1. The quantitative estimate of drug-likeness (QED) is 0.839. The van der Waals surface area contributed by atoms with Crippen molar-refractivity contribution in [3.05, 3.63) is 28.2 Å². The average Bonchev–Trinajstić information content (AvgIpc) is 2.50.